The average molecular weight is 274 g/mol. The minimum absolute atomic E-state index is 0.214. The third-order valence-corrected chi connectivity index (χ3v) is 4.62. The first-order valence-electron chi connectivity index (χ1n) is 7.69. The number of hydrogen-bond acceptors (Lipinski definition) is 4. The number of nitrogens with one attached hydrogen (secondary N) is 1. The lowest BCUT2D eigenvalue weighted by Gasteiger charge is -2.45. The van der Waals surface area contributed by atoms with Crippen molar-refractivity contribution in [2.24, 2.45) is 0 Å². The number of likely N-dealkylation sites (N-methyl/N-ethyl adjacent to an activating group) is 1. The van der Waals surface area contributed by atoms with Crippen molar-refractivity contribution in [2.75, 3.05) is 31.6 Å². The first kappa shape index (κ1) is 13.8. The molecule has 0 unspecified atom stereocenters. The summed E-state index contributed by atoms with van der Waals surface area (Å²) in [6, 6.07) is 5.14. The maximum Gasteiger partial charge on any atom is 0.128 e. The van der Waals surface area contributed by atoms with E-state index in [0.29, 0.717) is 0 Å². The summed E-state index contributed by atoms with van der Waals surface area (Å²) < 4.78 is 0. The van der Waals surface area contributed by atoms with Crippen LogP contribution in [0.3, 0.4) is 0 Å². The Balaban J connectivity index is 1.61. The normalized spacial score (nSPS) is 23.1. The lowest BCUT2D eigenvalue weighted by atomic mass is 10.00. The first-order chi connectivity index (χ1) is 9.54. The van der Waals surface area contributed by atoms with Crippen LogP contribution in [0.5, 0.6) is 0 Å². The molecule has 4 heteroatoms. The van der Waals surface area contributed by atoms with Gasteiger partial charge in [-0.25, -0.2) is 4.98 Å². The first-order valence-corrected chi connectivity index (χ1v) is 7.69. The van der Waals surface area contributed by atoms with Gasteiger partial charge in [-0.3, -0.25) is 4.90 Å². The van der Waals surface area contributed by atoms with Crippen molar-refractivity contribution in [3.63, 3.8) is 0 Å². The maximum atomic E-state index is 4.66. The molecule has 20 heavy (non-hydrogen) atoms. The van der Waals surface area contributed by atoms with Crippen LogP contribution in [0.25, 0.3) is 0 Å². The van der Waals surface area contributed by atoms with Crippen molar-refractivity contribution >= 4 is 5.82 Å². The zero-order chi connectivity index (χ0) is 14.2. The summed E-state index contributed by atoms with van der Waals surface area (Å²) >= 11 is 0. The van der Waals surface area contributed by atoms with E-state index in [1.165, 1.54) is 18.4 Å². The molecule has 0 aromatic carbocycles. The molecule has 2 fully saturated rings. The molecule has 2 heterocycles. The molecule has 0 radical (unpaired) electrons. The molecule has 4 nitrogen and oxygen atoms in total. The summed E-state index contributed by atoms with van der Waals surface area (Å²) in [4.78, 5) is 9.49. The van der Waals surface area contributed by atoms with E-state index in [1.807, 2.05) is 6.20 Å². The number of piperazine rings is 1. The molecule has 0 spiro atoms. The Labute approximate surface area is 122 Å². The summed E-state index contributed by atoms with van der Waals surface area (Å²) in [5, 5.41) is 3.53. The highest BCUT2D eigenvalue weighted by atomic mass is 15.3. The zero-order valence-electron chi connectivity index (χ0n) is 12.9. The van der Waals surface area contributed by atoms with E-state index in [1.54, 1.807) is 0 Å². The number of anilines is 1. The summed E-state index contributed by atoms with van der Waals surface area (Å²) in [6.45, 7) is 8.74. The van der Waals surface area contributed by atoms with Crippen molar-refractivity contribution in [2.45, 2.75) is 44.8 Å². The lowest BCUT2D eigenvalue weighted by Crippen LogP contribution is -2.57. The number of nitrogens with zero attached hydrogens (tertiary/aromatic N) is 3. The number of hydrogen-bond donors (Lipinski definition) is 1. The van der Waals surface area contributed by atoms with Crippen LogP contribution in [0.2, 0.25) is 0 Å². The predicted octanol–water partition coefficient (Wildman–Crippen LogP) is 1.86. The van der Waals surface area contributed by atoms with E-state index >= 15 is 0 Å². The lowest BCUT2D eigenvalue weighted by molar-refractivity contribution is 0.138. The van der Waals surface area contributed by atoms with Crippen molar-refractivity contribution in [1.82, 2.24) is 15.2 Å². The SMILES string of the molecule is CN1CCN(c2ccc(CNC3CC3)cn2)CC1(C)C. The Hall–Kier alpha value is -1.13. The highest BCUT2D eigenvalue weighted by Gasteiger charge is 2.31. The highest BCUT2D eigenvalue weighted by Crippen LogP contribution is 2.23. The van der Waals surface area contributed by atoms with E-state index < -0.39 is 0 Å². The van der Waals surface area contributed by atoms with E-state index in [-0.39, 0.29) is 5.54 Å². The molecule has 0 amide bonds. The van der Waals surface area contributed by atoms with Crippen LogP contribution in [0.4, 0.5) is 5.82 Å². The Kier molecular flexibility index (Phi) is 3.69. The minimum Gasteiger partial charge on any atom is -0.354 e. The molecule has 3 rings (SSSR count). The molecule has 1 saturated carbocycles. The van der Waals surface area contributed by atoms with Gasteiger partial charge in [-0.1, -0.05) is 6.07 Å². The Morgan fingerprint density at radius 1 is 1.30 bits per heavy atom. The van der Waals surface area contributed by atoms with Gasteiger partial charge in [0, 0.05) is 44.0 Å². The van der Waals surface area contributed by atoms with Crippen molar-refractivity contribution < 1.29 is 0 Å². The molecule has 1 saturated heterocycles. The van der Waals surface area contributed by atoms with Crippen molar-refractivity contribution in [3.8, 4) is 0 Å². The van der Waals surface area contributed by atoms with Crippen LogP contribution in [-0.2, 0) is 6.54 Å². The quantitative estimate of drug-likeness (QED) is 0.908. The Morgan fingerprint density at radius 3 is 2.70 bits per heavy atom. The van der Waals surface area contributed by atoms with Gasteiger partial charge >= 0.3 is 0 Å². The van der Waals surface area contributed by atoms with Crippen LogP contribution < -0.4 is 10.2 Å². The van der Waals surface area contributed by atoms with Gasteiger partial charge in [0.2, 0.25) is 0 Å². The molecule has 0 bridgehead atoms. The molecule has 1 N–H and O–H groups in total. The largest absolute Gasteiger partial charge is 0.354 e. The van der Waals surface area contributed by atoms with Crippen molar-refractivity contribution in [1.29, 1.82) is 0 Å². The van der Waals surface area contributed by atoms with Gasteiger partial charge in [-0.05, 0) is 45.4 Å². The van der Waals surface area contributed by atoms with Gasteiger partial charge in [0.1, 0.15) is 5.82 Å². The van der Waals surface area contributed by atoms with Gasteiger partial charge in [0.25, 0.3) is 0 Å². The average Bonchev–Trinajstić information content (AvgIpc) is 3.24. The monoisotopic (exact) mass is 274 g/mol. The van der Waals surface area contributed by atoms with Crippen molar-refractivity contribution in [3.05, 3.63) is 23.9 Å². The summed E-state index contributed by atoms with van der Waals surface area (Å²) in [5.74, 6) is 1.11. The highest BCUT2D eigenvalue weighted by molar-refractivity contribution is 5.40. The van der Waals surface area contributed by atoms with Crippen LogP contribution in [-0.4, -0.2) is 48.1 Å². The molecule has 1 aromatic heterocycles. The van der Waals surface area contributed by atoms with Gasteiger partial charge in [0.05, 0.1) is 0 Å². The van der Waals surface area contributed by atoms with Gasteiger partial charge in [-0.2, -0.15) is 0 Å². The topological polar surface area (TPSA) is 31.4 Å². The van der Waals surface area contributed by atoms with Gasteiger partial charge in [0.15, 0.2) is 0 Å². The Morgan fingerprint density at radius 2 is 2.10 bits per heavy atom. The minimum atomic E-state index is 0.214. The van der Waals surface area contributed by atoms with Gasteiger partial charge in [-0.15, -0.1) is 0 Å². The molecule has 1 aliphatic carbocycles. The predicted molar refractivity (Wildman–Crippen MR) is 83.0 cm³/mol. The second-order valence-corrected chi connectivity index (χ2v) is 6.84. The van der Waals surface area contributed by atoms with Crippen LogP contribution in [0.15, 0.2) is 18.3 Å². The van der Waals surface area contributed by atoms with E-state index in [9.17, 15) is 0 Å². The van der Waals surface area contributed by atoms with E-state index in [2.05, 4.69) is 53.1 Å². The fourth-order valence-corrected chi connectivity index (χ4v) is 2.69. The second kappa shape index (κ2) is 5.34. The standard InChI is InChI=1S/C16H26N4/c1-16(2)12-20(9-8-19(16)3)15-7-4-13(11-18-15)10-17-14-5-6-14/h4,7,11,14,17H,5-6,8-10,12H2,1-3H3. The van der Waals surface area contributed by atoms with E-state index in [0.717, 1.165) is 38.0 Å². The molecule has 1 aromatic rings. The van der Waals surface area contributed by atoms with Crippen LogP contribution in [0, 0.1) is 0 Å². The number of aromatic nitrogens is 1. The maximum absolute atomic E-state index is 4.66. The van der Waals surface area contributed by atoms with Crippen LogP contribution >= 0.6 is 0 Å². The molecule has 2 aliphatic rings. The summed E-state index contributed by atoms with van der Waals surface area (Å²) in [7, 11) is 2.21. The number of pyridine rings is 1. The molecular weight excluding hydrogens is 248 g/mol. The van der Waals surface area contributed by atoms with E-state index in [4.69, 9.17) is 0 Å². The summed E-state index contributed by atoms with van der Waals surface area (Å²) in [5.41, 5.74) is 1.50. The molecule has 1 aliphatic heterocycles. The summed E-state index contributed by atoms with van der Waals surface area (Å²) in [6.07, 6.45) is 4.69. The van der Waals surface area contributed by atoms with Gasteiger partial charge < -0.3 is 10.2 Å². The Bertz CT molecular complexity index is 450. The fourth-order valence-electron chi connectivity index (χ4n) is 2.69. The number of rotatable bonds is 4. The zero-order valence-corrected chi connectivity index (χ0v) is 12.9. The van der Waals surface area contributed by atoms with Crippen LogP contribution in [0.1, 0.15) is 32.3 Å². The molecular formula is C16H26N4. The fraction of sp³-hybridized carbons (Fsp3) is 0.688. The third kappa shape index (κ3) is 3.13. The smallest absolute Gasteiger partial charge is 0.128 e. The third-order valence-electron chi connectivity index (χ3n) is 4.62. The second-order valence-electron chi connectivity index (χ2n) is 6.84. The molecule has 110 valence electrons. The molecule has 0 atom stereocenters.